The summed E-state index contributed by atoms with van der Waals surface area (Å²) in [5, 5.41) is 1.64. The van der Waals surface area contributed by atoms with Crippen molar-refractivity contribution in [3.05, 3.63) is 0 Å². The normalized spacial score (nSPS) is 12.8. The molecule has 7 nitrogen and oxygen atoms in total. The maximum atomic E-state index is 12.4. The lowest BCUT2D eigenvalue weighted by Gasteiger charge is -2.22. The standard InChI is InChI=1S/C8H16Br4O7P2/c9-1-5-15-20(13,16-6-2-10)19-21(14,17-7-3-11)18-8-4-12/h1-8H2. The van der Waals surface area contributed by atoms with Crippen LogP contribution in [0.25, 0.3) is 0 Å². The lowest BCUT2D eigenvalue weighted by Crippen LogP contribution is -2.07. The van der Waals surface area contributed by atoms with E-state index in [2.05, 4.69) is 63.7 Å². The van der Waals surface area contributed by atoms with E-state index >= 15 is 0 Å². The molecule has 0 aliphatic heterocycles. The third kappa shape index (κ3) is 11.4. The van der Waals surface area contributed by atoms with Crippen LogP contribution in [0.4, 0.5) is 0 Å². The zero-order valence-electron chi connectivity index (χ0n) is 10.9. The molecule has 0 aliphatic carbocycles. The molecule has 0 saturated carbocycles. The van der Waals surface area contributed by atoms with Crippen molar-refractivity contribution in [3.8, 4) is 0 Å². The Balaban J connectivity index is 4.90. The fourth-order valence-corrected chi connectivity index (χ4v) is 5.67. The summed E-state index contributed by atoms with van der Waals surface area (Å²) >= 11 is 12.5. The molecule has 0 N–H and O–H groups in total. The van der Waals surface area contributed by atoms with Gasteiger partial charge in [-0.05, 0) is 0 Å². The first kappa shape index (κ1) is 23.2. The van der Waals surface area contributed by atoms with Crippen LogP contribution in [-0.2, 0) is 31.5 Å². The van der Waals surface area contributed by atoms with Crippen LogP contribution in [0.2, 0.25) is 0 Å². The smallest absolute Gasteiger partial charge is 0.286 e. The summed E-state index contributed by atoms with van der Waals surface area (Å²) in [4.78, 5) is 0. The average molecular weight is 606 g/mol. The summed E-state index contributed by atoms with van der Waals surface area (Å²) in [7, 11) is -8.12. The van der Waals surface area contributed by atoms with Crippen LogP contribution in [0.5, 0.6) is 0 Å². The molecule has 0 fully saturated rings. The molecule has 0 bridgehead atoms. The van der Waals surface area contributed by atoms with Crippen molar-refractivity contribution < 1.29 is 31.5 Å². The second kappa shape index (κ2) is 13.5. The van der Waals surface area contributed by atoms with E-state index in [1.165, 1.54) is 0 Å². The molecule has 0 saturated heterocycles. The molecular formula is C8H16Br4O7P2. The number of halogens is 4. The molecule has 128 valence electrons. The van der Waals surface area contributed by atoms with Gasteiger partial charge < -0.3 is 0 Å². The number of hydrogen-bond donors (Lipinski definition) is 0. The molecule has 0 aromatic heterocycles. The summed E-state index contributed by atoms with van der Waals surface area (Å²) in [5.74, 6) is 0. The van der Waals surface area contributed by atoms with Crippen LogP contribution in [0, 0.1) is 0 Å². The van der Waals surface area contributed by atoms with E-state index < -0.39 is 15.6 Å². The predicted molar refractivity (Wildman–Crippen MR) is 95.3 cm³/mol. The molecule has 0 radical (unpaired) electrons. The Morgan fingerprint density at radius 1 is 0.571 bits per heavy atom. The van der Waals surface area contributed by atoms with Crippen LogP contribution in [0.15, 0.2) is 0 Å². The van der Waals surface area contributed by atoms with Crippen LogP contribution < -0.4 is 0 Å². The van der Waals surface area contributed by atoms with Crippen molar-refractivity contribution in [1.82, 2.24) is 0 Å². The van der Waals surface area contributed by atoms with Gasteiger partial charge in [0.1, 0.15) is 0 Å². The predicted octanol–water partition coefficient (Wildman–Crippen LogP) is 4.87. The monoisotopic (exact) mass is 602 g/mol. The molecule has 0 spiro atoms. The van der Waals surface area contributed by atoms with E-state index in [1.807, 2.05) is 0 Å². The zero-order chi connectivity index (χ0) is 16.2. The van der Waals surface area contributed by atoms with E-state index in [0.717, 1.165) is 0 Å². The van der Waals surface area contributed by atoms with Gasteiger partial charge in [-0.15, -0.1) is 0 Å². The first-order chi connectivity index (χ1) is 9.95. The first-order valence-electron chi connectivity index (χ1n) is 5.68. The van der Waals surface area contributed by atoms with Crippen molar-refractivity contribution in [3.63, 3.8) is 0 Å². The van der Waals surface area contributed by atoms with Gasteiger partial charge in [-0.25, -0.2) is 9.13 Å². The number of phosphoric acid groups is 2. The fourth-order valence-electron chi connectivity index (χ4n) is 0.877. The fraction of sp³-hybridized carbons (Fsp3) is 1.00. The molecule has 21 heavy (non-hydrogen) atoms. The Morgan fingerprint density at radius 2 is 0.810 bits per heavy atom. The maximum Gasteiger partial charge on any atom is 0.483 e. The van der Waals surface area contributed by atoms with Crippen molar-refractivity contribution in [2.75, 3.05) is 47.7 Å². The zero-order valence-corrected chi connectivity index (χ0v) is 19.1. The molecule has 0 atom stereocenters. The van der Waals surface area contributed by atoms with Crippen LogP contribution in [-0.4, -0.2) is 47.7 Å². The molecule has 0 amide bonds. The molecule has 0 aromatic carbocycles. The minimum Gasteiger partial charge on any atom is -0.286 e. The van der Waals surface area contributed by atoms with E-state index in [4.69, 9.17) is 22.4 Å². The van der Waals surface area contributed by atoms with Gasteiger partial charge in [-0.3, -0.25) is 18.1 Å². The first-order valence-corrected chi connectivity index (χ1v) is 13.1. The largest absolute Gasteiger partial charge is 0.483 e. The Hall–Kier alpha value is 2.18. The van der Waals surface area contributed by atoms with Crippen LogP contribution >= 0.6 is 79.4 Å². The number of phosphoric ester groups is 2. The second-order valence-corrected chi connectivity index (χ2v) is 9.71. The highest BCUT2D eigenvalue weighted by Crippen LogP contribution is 2.65. The lowest BCUT2D eigenvalue weighted by molar-refractivity contribution is 0.122. The van der Waals surface area contributed by atoms with E-state index in [-0.39, 0.29) is 26.4 Å². The van der Waals surface area contributed by atoms with Crippen LogP contribution in [0.3, 0.4) is 0 Å². The van der Waals surface area contributed by atoms with Gasteiger partial charge in [-0.2, -0.15) is 4.31 Å². The SMILES string of the molecule is O=P(OCCBr)(OCCBr)OP(=O)(OCCBr)OCCBr. The number of hydrogen-bond acceptors (Lipinski definition) is 7. The maximum absolute atomic E-state index is 12.4. The van der Waals surface area contributed by atoms with E-state index in [0.29, 0.717) is 21.3 Å². The Labute approximate surface area is 157 Å². The highest BCUT2D eigenvalue weighted by Gasteiger charge is 2.40. The molecule has 13 heteroatoms. The van der Waals surface area contributed by atoms with Crippen molar-refractivity contribution in [1.29, 1.82) is 0 Å². The van der Waals surface area contributed by atoms with Gasteiger partial charge in [0.05, 0.1) is 26.4 Å². The highest BCUT2D eigenvalue weighted by atomic mass is 79.9. The van der Waals surface area contributed by atoms with Gasteiger partial charge >= 0.3 is 15.6 Å². The van der Waals surface area contributed by atoms with Crippen LogP contribution in [0.1, 0.15) is 0 Å². The number of rotatable bonds is 14. The topological polar surface area (TPSA) is 80.3 Å². The number of alkyl halides is 4. The summed E-state index contributed by atoms with van der Waals surface area (Å²) in [6.07, 6.45) is 0. The molecule has 0 heterocycles. The summed E-state index contributed by atoms with van der Waals surface area (Å²) in [5.41, 5.74) is 0. The van der Waals surface area contributed by atoms with Gasteiger partial charge in [-0.1, -0.05) is 63.7 Å². The van der Waals surface area contributed by atoms with Crippen molar-refractivity contribution in [2.24, 2.45) is 0 Å². The van der Waals surface area contributed by atoms with Gasteiger partial charge in [0.15, 0.2) is 0 Å². The molecule has 0 rings (SSSR count). The Kier molecular flexibility index (Phi) is 14.9. The summed E-state index contributed by atoms with van der Waals surface area (Å²) in [6, 6.07) is 0. The average Bonchev–Trinajstić information content (AvgIpc) is 2.47. The quantitative estimate of drug-likeness (QED) is 0.207. The van der Waals surface area contributed by atoms with Gasteiger partial charge in [0.2, 0.25) is 0 Å². The van der Waals surface area contributed by atoms with Crippen molar-refractivity contribution >= 4 is 79.4 Å². The van der Waals surface area contributed by atoms with Crippen molar-refractivity contribution in [2.45, 2.75) is 0 Å². The highest BCUT2D eigenvalue weighted by molar-refractivity contribution is 9.09. The Bertz CT molecular complexity index is 304. The summed E-state index contributed by atoms with van der Waals surface area (Å²) < 4.78 is 49.9. The molecule has 0 aliphatic rings. The summed E-state index contributed by atoms with van der Waals surface area (Å²) in [6.45, 7) is 0.208. The Morgan fingerprint density at radius 3 is 1.00 bits per heavy atom. The van der Waals surface area contributed by atoms with E-state index in [1.54, 1.807) is 0 Å². The molecular weight excluding hydrogens is 590 g/mol. The molecule has 0 aromatic rings. The third-order valence-electron chi connectivity index (χ3n) is 1.51. The van der Waals surface area contributed by atoms with Gasteiger partial charge in [0, 0.05) is 21.3 Å². The third-order valence-corrected chi connectivity index (χ3v) is 6.40. The minimum atomic E-state index is -4.06. The second-order valence-electron chi connectivity index (χ2n) is 3.06. The minimum absolute atomic E-state index is 0.0520. The van der Waals surface area contributed by atoms with Gasteiger partial charge in [0.25, 0.3) is 0 Å². The molecule has 0 unspecified atom stereocenters. The lowest BCUT2D eigenvalue weighted by atomic mass is 10.9. The van der Waals surface area contributed by atoms with E-state index in [9.17, 15) is 9.13 Å².